The van der Waals surface area contributed by atoms with Crippen molar-refractivity contribution >= 4 is 27.8 Å². The molecule has 1 amide bonds. The largest absolute Gasteiger partial charge is 0.490 e. The Kier molecular flexibility index (Phi) is 9.48. The lowest BCUT2D eigenvalue weighted by Gasteiger charge is -2.17. The average molecular weight is 430 g/mol. The van der Waals surface area contributed by atoms with E-state index < -0.39 is 5.97 Å². The van der Waals surface area contributed by atoms with Crippen LogP contribution >= 0.6 is 15.9 Å². The maximum atomic E-state index is 12.1. The quantitative estimate of drug-likeness (QED) is 0.576. The number of hydrogen-bond donors (Lipinski definition) is 1. The van der Waals surface area contributed by atoms with E-state index in [1.54, 1.807) is 12.1 Å². The Balaban J connectivity index is 2.68. The highest BCUT2D eigenvalue weighted by Gasteiger charge is 2.16. The highest BCUT2D eigenvalue weighted by molar-refractivity contribution is 9.10. The number of nitrogens with one attached hydrogen (secondary N) is 1. The molecule has 1 aromatic carbocycles. The van der Waals surface area contributed by atoms with Gasteiger partial charge in [-0.1, -0.05) is 29.8 Å². The van der Waals surface area contributed by atoms with Gasteiger partial charge in [-0.2, -0.15) is 0 Å². The molecule has 1 aromatic rings. The number of carbonyl (C=O) groups excluding carboxylic acids is 2. The van der Waals surface area contributed by atoms with Crippen LogP contribution in [-0.4, -0.2) is 37.7 Å². The highest BCUT2D eigenvalue weighted by atomic mass is 79.9. The number of carbonyl (C=O) groups is 2. The first kappa shape index (κ1) is 22.3. The maximum Gasteiger partial charge on any atom is 0.310 e. The van der Waals surface area contributed by atoms with Crippen molar-refractivity contribution in [1.82, 2.24) is 5.32 Å². The summed E-state index contributed by atoms with van der Waals surface area (Å²) < 4.78 is 16.9. The summed E-state index contributed by atoms with van der Waals surface area (Å²) in [5, 5.41) is 2.80. The van der Waals surface area contributed by atoms with E-state index in [0.717, 1.165) is 4.47 Å². The van der Waals surface area contributed by atoms with Gasteiger partial charge in [-0.05, 0) is 44.4 Å². The van der Waals surface area contributed by atoms with Crippen LogP contribution in [0.3, 0.4) is 0 Å². The number of amides is 1. The lowest BCUT2D eigenvalue weighted by molar-refractivity contribution is -0.148. The minimum Gasteiger partial charge on any atom is -0.490 e. The molecule has 7 heteroatoms. The third-order valence-corrected chi connectivity index (χ3v) is 4.54. The van der Waals surface area contributed by atoms with Gasteiger partial charge in [0.05, 0.1) is 19.6 Å². The standard InChI is InChI=1S/C19H28BrNO5/c1-6-24-16-8-14(15(20)10-17(16)25-7-2)9-19(23)26-11-18(22)21-13(5)12(3)4/h8,10,12-13H,6-7,9,11H2,1-5H3,(H,21,22). The minimum absolute atomic E-state index is 0.0233. The Hall–Kier alpha value is -1.76. The Morgan fingerprint density at radius 1 is 1.08 bits per heavy atom. The first-order chi connectivity index (χ1) is 12.3. The summed E-state index contributed by atoms with van der Waals surface area (Å²) in [6, 6.07) is 3.55. The van der Waals surface area contributed by atoms with Gasteiger partial charge in [0, 0.05) is 10.5 Å². The number of esters is 1. The van der Waals surface area contributed by atoms with E-state index in [2.05, 4.69) is 21.2 Å². The van der Waals surface area contributed by atoms with Crippen LogP contribution in [0.5, 0.6) is 11.5 Å². The molecule has 1 atom stereocenters. The van der Waals surface area contributed by atoms with Gasteiger partial charge in [-0.3, -0.25) is 9.59 Å². The Morgan fingerprint density at radius 2 is 1.65 bits per heavy atom. The highest BCUT2D eigenvalue weighted by Crippen LogP contribution is 2.34. The zero-order chi connectivity index (χ0) is 19.7. The molecule has 1 rings (SSSR count). The van der Waals surface area contributed by atoms with Gasteiger partial charge in [0.2, 0.25) is 0 Å². The average Bonchev–Trinajstić information content (AvgIpc) is 2.57. The third kappa shape index (κ3) is 7.23. The molecule has 0 fully saturated rings. The molecule has 0 aromatic heterocycles. The van der Waals surface area contributed by atoms with Crippen molar-refractivity contribution in [2.75, 3.05) is 19.8 Å². The molecule has 0 aliphatic heterocycles. The zero-order valence-electron chi connectivity index (χ0n) is 16.1. The van der Waals surface area contributed by atoms with E-state index in [-0.39, 0.29) is 25.0 Å². The number of rotatable bonds is 10. The Bertz CT molecular complexity index is 618. The third-order valence-electron chi connectivity index (χ3n) is 3.80. The Labute approximate surface area is 163 Å². The van der Waals surface area contributed by atoms with Gasteiger partial charge in [0.25, 0.3) is 5.91 Å². The molecule has 0 saturated carbocycles. The van der Waals surface area contributed by atoms with Crippen molar-refractivity contribution in [3.05, 3.63) is 22.2 Å². The summed E-state index contributed by atoms with van der Waals surface area (Å²) in [5.41, 5.74) is 0.706. The predicted octanol–water partition coefficient (Wildman–Crippen LogP) is 3.49. The van der Waals surface area contributed by atoms with Crippen LogP contribution in [-0.2, 0) is 20.7 Å². The fraction of sp³-hybridized carbons (Fsp3) is 0.579. The van der Waals surface area contributed by atoms with E-state index in [1.165, 1.54) is 0 Å². The van der Waals surface area contributed by atoms with Crippen molar-refractivity contribution in [2.45, 2.75) is 47.1 Å². The molecule has 0 bridgehead atoms. The normalized spacial score (nSPS) is 11.8. The molecule has 0 radical (unpaired) electrons. The van der Waals surface area contributed by atoms with Crippen molar-refractivity contribution in [2.24, 2.45) is 5.92 Å². The number of hydrogen-bond acceptors (Lipinski definition) is 5. The summed E-state index contributed by atoms with van der Waals surface area (Å²) in [7, 11) is 0. The second kappa shape index (κ2) is 11.1. The van der Waals surface area contributed by atoms with E-state index in [1.807, 2.05) is 34.6 Å². The smallest absolute Gasteiger partial charge is 0.310 e. The molecule has 0 heterocycles. The van der Waals surface area contributed by atoms with Crippen molar-refractivity contribution in [3.8, 4) is 11.5 Å². The molecule has 0 aliphatic rings. The van der Waals surface area contributed by atoms with Gasteiger partial charge >= 0.3 is 5.97 Å². The molecular weight excluding hydrogens is 402 g/mol. The van der Waals surface area contributed by atoms with E-state index in [0.29, 0.717) is 36.2 Å². The van der Waals surface area contributed by atoms with E-state index >= 15 is 0 Å². The van der Waals surface area contributed by atoms with Gasteiger partial charge in [0.1, 0.15) is 0 Å². The summed E-state index contributed by atoms with van der Waals surface area (Å²) in [5.74, 6) is 0.709. The molecule has 1 N–H and O–H groups in total. The zero-order valence-corrected chi connectivity index (χ0v) is 17.6. The van der Waals surface area contributed by atoms with Gasteiger partial charge in [0.15, 0.2) is 18.1 Å². The van der Waals surface area contributed by atoms with E-state index in [4.69, 9.17) is 14.2 Å². The van der Waals surface area contributed by atoms with Gasteiger partial charge in [-0.15, -0.1) is 0 Å². The van der Waals surface area contributed by atoms with Crippen molar-refractivity contribution in [3.63, 3.8) is 0 Å². The molecule has 6 nitrogen and oxygen atoms in total. The van der Waals surface area contributed by atoms with Crippen LogP contribution in [0.2, 0.25) is 0 Å². The van der Waals surface area contributed by atoms with Gasteiger partial charge in [-0.25, -0.2) is 0 Å². The number of halogens is 1. The van der Waals surface area contributed by atoms with Crippen LogP contribution in [0.15, 0.2) is 16.6 Å². The summed E-state index contributed by atoms with van der Waals surface area (Å²) in [4.78, 5) is 23.9. The summed E-state index contributed by atoms with van der Waals surface area (Å²) in [6.45, 7) is 10.4. The van der Waals surface area contributed by atoms with Crippen molar-refractivity contribution in [1.29, 1.82) is 0 Å². The fourth-order valence-electron chi connectivity index (χ4n) is 2.06. The fourth-order valence-corrected chi connectivity index (χ4v) is 2.53. The van der Waals surface area contributed by atoms with Crippen LogP contribution in [0.25, 0.3) is 0 Å². The summed E-state index contributed by atoms with van der Waals surface area (Å²) in [6.07, 6.45) is 0.0279. The maximum absolute atomic E-state index is 12.1. The monoisotopic (exact) mass is 429 g/mol. The van der Waals surface area contributed by atoms with Gasteiger partial charge < -0.3 is 19.5 Å². The topological polar surface area (TPSA) is 73.9 Å². The van der Waals surface area contributed by atoms with Crippen LogP contribution in [0.4, 0.5) is 0 Å². The SMILES string of the molecule is CCOc1cc(Br)c(CC(=O)OCC(=O)NC(C)C(C)C)cc1OCC. The van der Waals surface area contributed by atoms with E-state index in [9.17, 15) is 9.59 Å². The molecule has 0 spiro atoms. The van der Waals surface area contributed by atoms with Crippen LogP contribution in [0, 0.1) is 5.92 Å². The molecule has 146 valence electrons. The Morgan fingerprint density at radius 3 is 2.19 bits per heavy atom. The predicted molar refractivity (Wildman–Crippen MR) is 104 cm³/mol. The molecule has 1 unspecified atom stereocenters. The number of ether oxygens (including phenoxy) is 3. The molecule has 0 aliphatic carbocycles. The minimum atomic E-state index is -0.482. The van der Waals surface area contributed by atoms with Crippen molar-refractivity contribution < 1.29 is 23.8 Å². The second-order valence-corrected chi connectivity index (χ2v) is 7.05. The first-order valence-corrected chi connectivity index (χ1v) is 9.60. The van der Waals surface area contributed by atoms with Crippen LogP contribution < -0.4 is 14.8 Å². The molecular formula is C19H28BrNO5. The van der Waals surface area contributed by atoms with Crippen LogP contribution in [0.1, 0.15) is 40.2 Å². The lowest BCUT2D eigenvalue weighted by atomic mass is 10.1. The first-order valence-electron chi connectivity index (χ1n) is 8.81. The second-order valence-electron chi connectivity index (χ2n) is 6.19. The molecule has 0 saturated heterocycles. The summed E-state index contributed by atoms with van der Waals surface area (Å²) >= 11 is 3.44. The lowest BCUT2D eigenvalue weighted by Crippen LogP contribution is -2.38. The molecule has 26 heavy (non-hydrogen) atoms. The number of benzene rings is 1.